The van der Waals surface area contributed by atoms with Crippen molar-refractivity contribution >= 4 is 29.5 Å². The van der Waals surface area contributed by atoms with Crippen molar-refractivity contribution in [2.24, 2.45) is 5.92 Å². The molecule has 1 aromatic heterocycles. The van der Waals surface area contributed by atoms with Crippen molar-refractivity contribution in [3.05, 3.63) is 59.9 Å². The fourth-order valence-corrected chi connectivity index (χ4v) is 4.40. The molecule has 0 saturated carbocycles. The molecule has 1 aliphatic rings. The van der Waals surface area contributed by atoms with Gasteiger partial charge in [0.05, 0.1) is 19.1 Å². The predicted molar refractivity (Wildman–Crippen MR) is 123 cm³/mol. The number of likely N-dealkylation sites (tertiary alicyclic amines) is 1. The lowest BCUT2D eigenvalue weighted by Gasteiger charge is -2.32. The monoisotopic (exact) mass is 455 g/mol. The summed E-state index contributed by atoms with van der Waals surface area (Å²) in [6.45, 7) is 3.19. The van der Waals surface area contributed by atoms with Crippen molar-refractivity contribution in [1.82, 2.24) is 14.8 Å². The molecule has 0 atom stereocenters. The number of thioether (sulfide) groups is 1. The second kappa shape index (κ2) is 11.7. The first-order valence-corrected chi connectivity index (χ1v) is 11.8. The summed E-state index contributed by atoms with van der Waals surface area (Å²) in [5.74, 6) is 0.180. The van der Waals surface area contributed by atoms with Gasteiger partial charge in [-0.05, 0) is 55.7 Å². The quantitative estimate of drug-likeness (QED) is 0.449. The zero-order valence-electron chi connectivity index (χ0n) is 18.5. The lowest BCUT2D eigenvalue weighted by Crippen LogP contribution is -2.45. The Bertz CT molecular complexity index is 913. The van der Waals surface area contributed by atoms with Gasteiger partial charge in [-0.1, -0.05) is 6.07 Å². The van der Waals surface area contributed by atoms with Crippen LogP contribution in [-0.4, -0.2) is 65.9 Å². The summed E-state index contributed by atoms with van der Waals surface area (Å²) in [6.07, 6.45) is 4.79. The first-order chi connectivity index (χ1) is 15.5. The number of benzene rings is 1. The fourth-order valence-electron chi connectivity index (χ4n) is 3.56. The first-order valence-electron chi connectivity index (χ1n) is 10.8. The van der Waals surface area contributed by atoms with Crippen LogP contribution in [0.4, 0.5) is 0 Å². The number of likely N-dealkylation sites (N-methyl/N-ethyl adjacent to an activating group) is 1. The van der Waals surface area contributed by atoms with E-state index >= 15 is 0 Å². The number of rotatable bonds is 8. The Kier molecular flexibility index (Phi) is 8.67. The van der Waals surface area contributed by atoms with Crippen LogP contribution in [0.2, 0.25) is 0 Å². The molecule has 8 heteroatoms. The number of aromatic nitrogens is 1. The minimum Gasteiger partial charge on any atom is -0.466 e. The van der Waals surface area contributed by atoms with Gasteiger partial charge in [-0.3, -0.25) is 19.4 Å². The number of pyridine rings is 1. The van der Waals surface area contributed by atoms with Crippen LogP contribution in [0.25, 0.3) is 0 Å². The molecule has 3 rings (SSSR count). The van der Waals surface area contributed by atoms with Gasteiger partial charge in [-0.2, -0.15) is 0 Å². The molecule has 0 N–H and O–H groups in total. The lowest BCUT2D eigenvalue weighted by atomic mass is 9.97. The molecule has 1 aliphatic heterocycles. The molecule has 1 saturated heterocycles. The Morgan fingerprint density at radius 1 is 1.16 bits per heavy atom. The summed E-state index contributed by atoms with van der Waals surface area (Å²) >= 11 is 1.68. The topological polar surface area (TPSA) is 79.8 Å². The average Bonchev–Trinajstić information content (AvgIpc) is 2.83. The van der Waals surface area contributed by atoms with Crippen LogP contribution in [0.1, 0.15) is 35.7 Å². The van der Waals surface area contributed by atoms with Crippen molar-refractivity contribution < 1.29 is 19.1 Å². The van der Waals surface area contributed by atoms with Gasteiger partial charge < -0.3 is 14.5 Å². The highest BCUT2D eigenvalue weighted by Gasteiger charge is 2.29. The second-order valence-corrected chi connectivity index (χ2v) is 8.79. The molecule has 170 valence electrons. The highest BCUT2D eigenvalue weighted by Crippen LogP contribution is 2.23. The number of amides is 2. The van der Waals surface area contributed by atoms with Crippen molar-refractivity contribution in [2.75, 3.05) is 33.3 Å². The summed E-state index contributed by atoms with van der Waals surface area (Å²) < 4.78 is 5.07. The highest BCUT2D eigenvalue weighted by molar-refractivity contribution is 7.98. The van der Waals surface area contributed by atoms with Gasteiger partial charge in [0.1, 0.15) is 0 Å². The number of hydrogen-bond acceptors (Lipinski definition) is 6. The molecule has 0 aliphatic carbocycles. The molecule has 1 fully saturated rings. The van der Waals surface area contributed by atoms with E-state index in [4.69, 9.17) is 4.74 Å². The van der Waals surface area contributed by atoms with E-state index < -0.39 is 0 Å². The summed E-state index contributed by atoms with van der Waals surface area (Å²) in [7, 11) is 1.64. The minimum atomic E-state index is -0.191. The third-order valence-corrected chi connectivity index (χ3v) is 6.50. The molecule has 0 radical (unpaired) electrons. The fraction of sp³-hybridized carbons (Fsp3) is 0.417. The third kappa shape index (κ3) is 6.56. The van der Waals surface area contributed by atoms with Gasteiger partial charge in [-0.15, -0.1) is 11.8 Å². The van der Waals surface area contributed by atoms with E-state index in [9.17, 15) is 14.4 Å². The number of nitrogens with zero attached hydrogens (tertiary/aromatic N) is 3. The van der Waals surface area contributed by atoms with Crippen molar-refractivity contribution in [2.45, 2.75) is 30.4 Å². The number of carbonyl (C=O) groups is 3. The van der Waals surface area contributed by atoms with Crippen molar-refractivity contribution in [3.63, 3.8) is 0 Å². The summed E-state index contributed by atoms with van der Waals surface area (Å²) in [4.78, 5) is 45.6. The minimum absolute atomic E-state index is 0.0143. The number of piperidine rings is 1. The van der Waals surface area contributed by atoms with E-state index in [2.05, 4.69) is 4.98 Å². The smallest absolute Gasteiger partial charge is 0.309 e. The molecule has 0 bridgehead atoms. The van der Waals surface area contributed by atoms with Gasteiger partial charge in [0, 0.05) is 48.7 Å². The maximum Gasteiger partial charge on any atom is 0.309 e. The standard InChI is InChI=1S/C24H29N3O4S/c1-3-31-24(30)20-10-13-27(14-11-20)22(28)16-26(2)23(29)19-6-8-21(9-7-19)32-17-18-5-4-12-25-15-18/h4-9,12,15,20H,3,10-11,13-14,16-17H2,1-2H3. The van der Waals surface area contributed by atoms with Gasteiger partial charge in [0.25, 0.3) is 5.91 Å². The maximum atomic E-state index is 12.7. The molecule has 0 spiro atoms. The molecule has 32 heavy (non-hydrogen) atoms. The third-order valence-electron chi connectivity index (χ3n) is 5.42. The van der Waals surface area contributed by atoms with Gasteiger partial charge in [0.15, 0.2) is 0 Å². The van der Waals surface area contributed by atoms with Crippen molar-refractivity contribution in [3.8, 4) is 0 Å². The van der Waals surface area contributed by atoms with Crippen LogP contribution < -0.4 is 0 Å². The van der Waals surface area contributed by atoms with Gasteiger partial charge >= 0.3 is 5.97 Å². The molecule has 1 aromatic carbocycles. The average molecular weight is 456 g/mol. The Balaban J connectivity index is 1.46. The molecule has 2 heterocycles. The Morgan fingerprint density at radius 2 is 1.88 bits per heavy atom. The van der Waals surface area contributed by atoms with E-state index in [0.717, 1.165) is 16.2 Å². The second-order valence-electron chi connectivity index (χ2n) is 7.74. The van der Waals surface area contributed by atoms with Crippen LogP contribution in [0, 0.1) is 5.92 Å². The SMILES string of the molecule is CCOC(=O)C1CCN(C(=O)CN(C)C(=O)c2ccc(SCc3cccnc3)cc2)CC1. The summed E-state index contributed by atoms with van der Waals surface area (Å²) in [5.41, 5.74) is 1.69. The molecule has 2 amide bonds. The Labute approximate surface area is 193 Å². The van der Waals surface area contributed by atoms with E-state index in [0.29, 0.717) is 38.1 Å². The van der Waals surface area contributed by atoms with Crippen LogP contribution in [-0.2, 0) is 20.1 Å². The summed E-state index contributed by atoms with van der Waals surface area (Å²) in [6, 6.07) is 11.4. The Morgan fingerprint density at radius 3 is 2.50 bits per heavy atom. The molecule has 0 unspecified atom stereocenters. The zero-order valence-corrected chi connectivity index (χ0v) is 19.3. The van der Waals surface area contributed by atoms with Crippen LogP contribution in [0.3, 0.4) is 0 Å². The zero-order chi connectivity index (χ0) is 22.9. The molecule has 7 nitrogen and oxygen atoms in total. The van der Waals surface area contributed by atoms with E-state index in [1.807, 2.05) is 30.5 Å². The molecular formula is C24H29N3O4S. The lowest BCUT2D eigenvalue weighted by molar-refractivity contribution is -0.151. The van der Waals surface area contributed by atoms with Gasteiger partial charge in [0.2, 0.25) is 5.91 Å². The molecular weight excluding hydrogens is 426 g/mol. The largest absolute Gasteiger partial charge is 0.466 e. The first kappa shape index (κ1) is 23.8. The van der Waals surface area contributed by atoms with E-state index in [1.165, 1.54) is 4.90 Å². The van der Waals surface area contributed by atoms with Crippen LogP contribution in [0.15, 0.2) is 53.7 Å². The Hall–Kier alpha value is -2.87. The van der Waals surface area contributed by atoms with Crippen molar-refractivity contribution in [1.29, 1.82) is 0 Å². The van der Waals surface area contributed by atoms with Crippen LogP contribution in [0.5, 0.6) is 0 Å². The highest BCUT2D eigenvalue weighted by atomic mass is 32.2. The number of ether oxygens (including phenoxy) is 1. The van der Waals surface area contributed by atoms with Gasteiger partial charge in [-0.25, -0.2) is 0 Å². The number of hydrogen-bond donors (Lipinski definition) is 0. The predicted octanol–water partition coefficient (Wildman–Crippen LogP) is 3.25. The summed E-state index contributed by atoms with van der Waals surface area (Å²) in [5, 5.41) is 0. The van der Waals surface area contributed by atoms with E-state index in [1.54, 1.807) is 49.0 Å². The maximum absolute atomic E-state index is 12.7. The number of carbonyl (C=O) groups excluding carboxylic acids is 3. The molecule has 2 aromatic rings. The van der Waals surface area contributed by atoms with Crippen LogP contribution >= 0.6 is 11.8 Å². The number of esters is 1. The normalized spacial score (nSPS) is 14.1. The van der Waals surface area contributed by atoms with E-state index in [-0.39, 0.29) is 30.2 Å².